The molecule has 3 aromatic carbocycles. The first kappa shape index (κ1) is 24.6. The van der Waals surface area contributed by atoms with Gasteiger partial charge in [-0.25, -0.2) is 4.98 Å². The van der Waals surface area contributed by atoms with Crippen molar-refractivity contribution in [2.24, 2.45) is 0 Å². The highest BCUT2D eigenvalue weighted by Gasteiger charge is 2.24. The Morgan fingerprint density at radius 2 is 1.74 bits per heavy atom. The van der Waals surface area contributed by atoms with Gasteiger partial charge in [0, 0.05) is 39.3 Å². The number of thiophene rings is 1. The molecule has 1 aliphatic heterocycles. The second-order valence-electron chi connectivity index (χ2n) is 9.36. The van der Waals surface area contributed by atoms with Crippen LogP contribution in [0.2, 0.25) is 0 Å². The minimum atomic E-state index is -0.275. The fourth-order valence-electron chi connectivity index (χ4n) is 4.70. The molecule has 1 aliphatic rings. The van der Waals surface area contributed by atoms with Crippen LogP contribution >= 0.6 is 11.3 Å². The summed E-state index contributed by atoms with van der Waals surface area (Å²) in [6, 6.07) is 24.8. The van der Waals surface area contributed by atoms with Gasteiger partial charge in [0.05, 0.1) is 29.5 Å². The first-order valence-electron chi connectivity index (χ1n) is 12.7. The zero-order valence-corrected chi connectivity index (χ0v) is 22.0. The smallest absolute Gasteiger partial charge is 0.257 e. The van der Waals surface area contributed by atoms with Crippen LogP contribution in [0.4, 0.5) is 17.2 Å². The predicted molar refractivity (Wildman–Crippen MR) is 155 cm³/mol. The Kier molecular flexibility index (Phi) is 6.69. The number of hydrogen-bond acceptors (Lipinski definition) is 6. The molecule has 0 aliphatic carbocycles. The van der Waals surface area contributed by atoms with Crippen molar-refractivity contribution in [3.8, 4) is 5.75 Å². The van der Waals surface area contributed by atoms with Crippen molar-refractivity contribution < 1.29 is 14.3 Å². The summed E-state index contributed by atoms with van der Waals surface area (Å²) < 4.78 is 6.76. The van der Waals surface area contributed by atoms with E-state index in [1.54, 1.807) is 6.07 Å². The molecule has 1 unspecified atom stereocenters. The van der Waals surface area contributed by atoms with Gasteiger partial charge in [0.15, 0.2) is 5.82 Å². The third-order valence-corrected chi connectivity index (χ3v) is 7.75. The number of para-hydroxylation sites is 2. The van der Waals surface area contributed by atoms with Crippen molar-refractivity contribution in [2.75, 3.05) is 17.2 Å². The largest absolute Gasteiger partial charge is 0.493 e. The normalized spacial score (nSPS) is 14.2. The summed E-state index contributed by atoms with van der Waals surface area (Å²) in [6.45, 7) is 2.51. The van der Waals surface area contributed by atoms with E-state index in [0.29, 0.717) is 35.7 Å². The second kappa shape index (κ2) is 10.6. The Hall–Kier alpha value is -4.69. The molecule has 7 nitrogen and oxygen atoms in total. The Morgan fingerprint density at radius 1 is 0.949 bits per heavy atom. The summed E-state index contributed by atoms with van der Waals surface area (Å²) in [5.74, 6) is 0.687. The van der Waals surface area contributed by atoms with Gasteiger partial charge in [-0.15, -0.1) is 11.3 Å². The molecule has 194 valence electrons. The van der Waals surface area contributed by atoms with E-state index in [1.807, 2.05) is 85.1 Å². The summed E-state index contributed by atoms with van der Waals surface area (Å²) >= 11 is 1.52. The molecule has 39 heavy (non-hydrogen) atoms. The maximum absolute atomic E-state index is 13.4. The van der Waals surface area contributed by atoms with Crippen LogP contribution in [-0.2, 0) is 0 Å². The molecule has 0 spiro atoms. The van der Waals surface area contributed by atoms with Crippen LogP contribution in [0, 0.1) is 6.92 Å². The number of aromatic nitrogens is 1. The molecule has 0 saturated heterocycles. The highest BCUT2D eigenvalue weighted by Crippen LogP contribution is 2.33. The average Bonchev–Trinajstić information content (AvgIpc) is 3.40. The summed E-state index contributed by atoms with van der Waals surface area (Å²) in [4.78, 5) is 31.3. The maximum atomic E-state index is 13.4. The van der Waals surface area contributed by atoms with Gasteiger partial charge in [0.25, 0.3) is 11.8 Å². The van der Waals surface area contributed by atoms with Gasteiger partial charge < -0.3 is 20.7 Å². The molecule has 3 N–H and O–H groups in total. The highest BCUT2D eigenvalue weighted by molar-refractivity contribution is 7.17. The van der Waals surface area contributed by atoms with Crippen LogP contribution in [0.15, 0.2) is 90.4 Å². The average molecular weight is 535 g/mol. The number of benzene rings is 3. The number of carbonyl (C=O) groups is 2. The molecular formula is C31H26N4O3S. The number of nitrogens with zero attached hydrogens (tertiary/aromatic N) is 1. The van der Waals surface area contributed by atoms with E-state index in [1.165, 1.54) is 17.5 Å². The fourth-order valence-corrected chi connectivity index (χ4v) is 5.64. The predicted octanol–water partition coefficient (Wildman–Crippen LogP) is 6.85. The number of rotatable bonds is 6. The van der Waals surface area contributed by atoms with E-state index in [0.717, 1.165) is 32.6 Å². The number of fused-ring (bicyclic) bond motifs is 2. The minimum absolute atomic E-state index is 0.178. The number of hydrogen-bond donors (Lipinski definition) is 3. The first-order valence-corrected chi connectivity index (χ1v) is 13.6. The van der Waals surface area contributed by atoms with Crippen LogP contribution in [0.5, 0.6) is 5.75 Å². The molecule has 2 aromatic heterocycles. The number of aryl methyl sites for hydroxylation is 1. The topological polar surface area (TPSA) is 92.3 Å². The molecule has 8 heteroatoms. The second-order valence-corrected chi connectivity index (χ2v) is 10.3. The molecule has 0 fully saturated rings. The number of nitrogens with one attached hydrogen (secondary N) is 3. The fraction of sp³-hybridized carbons (Fsp3) is 0.129. The van der Waals surface area contributed by atoms with Gasteiger partial charge in [0.1, 0.15) is 5.75 Å². The first-order chi connectivity index (χ1) is 19.1. The monoisotopic (exact) mass is 534 g/mol. The Bertz CT molecular complexity index is 1700. The lowest BCUT2D eigenvalue weighted by Gasteiger charge is -2.26. The zero-order valence-electron chi connectivity index (χ0n) is 21.2. The van der Waals surface area contributed by atoms with Crippen molar-refractivity contribution in [1.29, 1.82) is 0 Å². The van der Waals surface area contributed by atoms with Crippen LogP contribution in [-0.4, -0.2) is 23.4 Å². The quantitative estimate of drug-likeness (QED) is 0.221. The maximum Gasteiger partial charge on any atom is 0.257 e. The molecule has 0 saturated carbocycles. The van der Waals surface area contributed by atoms with E-state index in [2.05, 4.69) is 20.9 Å². The summed E-state index contributed by atoms with van der Waals surface area (Å²) in [5.41, 5.74) is 4.17. The van der Waals surface area contributed by atoms with Crippen molar-refractivity contribution >= 4 is 50.4 Å². The third kappa shape index (κ3) is 5.06. The van der Waals surface area contributed by atoms with Crippen LogP contribution < -0.4 is 20.7 Å². The lowest BCUT2D eigenvalue weighted by Crippen LogP contribution is -2.32. The van der Waals surface area contributed by atoms with Crippen LogP contribution in [0.1, 0.15) is 44.3 Å². The highest BCUT2D eigenvalue weighted by atomic mass is 32.1. The van der Waals surface area contributed by atoms with Crippen LogP contribution in [0.25, 0.3) is 10.1 Å². The van der Waals surface area contributed by atoms with Crippen molar-refractivity contribution in [3.05, 3.63) is 113 Å². The van der Waals surface area contributed by atoms with E-state index >= 15 is 0 Å². The Labute approximate surface area is 229 Å². The van der Waals surface area contributed by atoms with Gasteiger partial charge in [0.2, 0.25) is 0 Å². The molecule has 0 radical (unpaired) electrons. The summed E-state index contributed by atoms with van der Waals surface area (Å²) in [5, 5.41) is 12.2. The van der Waals surface area contributed by atoms with Crippen molar-refractivity contribution in [1.82, 2.24) is 10.3 Å². The van der Waals surface area contributed by atoms with E-state index in [9.17, 15) is 9.59 Å². The Balaban J connectivity index is 1.31. The third-order valence-electron chi connectivity index (χ3n) is 6.79. The number of anilines is 3. The molecule has 2 amide bonds. The SMILES string of the molecule is Cc1ccccc1Nc1ncc(C(=O)NC2CCOc3ccccc32)cc1NC(=O)c1csc2ccccc12. The standard InChI is InChI=1S/C31H26N4O3S/c1-19-8-2-5-11-24(19)33-29-26(35-31(37)23-18-39-28-13-7-4-9-21(23)28)16-20(17-32-29)30(36)34-25-14-15-38-27-12-6-3-10-22(25)27/h2-13,16-18,25H,14-15H2,1H3,(H,32,33)(H,34,36)(H,35,37). The number of amides is 2. The summed E-state index contributed by atoms with van der Waals surface area (Å²) in [6.07, 6.45) is 2.19. The van der Waals surface area contributed by atoms with E-state index in [-0.39, 0.29) is 17.9 Å². The molecule has 1 atom stereocenters. The Morgan fingerprint density at radius 3 is 2.64 bits per heavy atom. The number of pyridine rings is 1. The molecule has 3 heterocycles. The lowest BCUT2D eigenvalue weighted by atomic mass is 10.0. The number of ether oxygens (including phenoxy) is 1. The van der Waals surface area contributed by atoms with E-state index < -0.39 is 0 Å². The molecule has 5 aromatic rings. The summed E-state index contributed by atoms with van der Waals surface area (Å²) in [7, 11) is 0. The van der Waals surface area contributed by atoms with Gasteiger partial charge >= 0.3 is 0 Å². The molecule has 0 bridgehead atoms. The van der Waals surface area contributed by atoms with Gasteiger partial charge in [-0.1, -0.05) is 54.6 Å². The number of carbonyl (C=O) groups excluding carboxylic acids is 2. The minimum Gasteiger partial charge on any atom is -0.493 e. The molecule has 6 rings (SSSR count). The van der Waals surface area contributed by atoms with E-state index in [4.69, 9.17) is 4.74 Å². The van der Waals surface area contributed by atoms with Crippen molar-refractivity contribution in [2.45, 2.75) is 19.4 Å². The lowest BCUT2D eigenvalue weighted by molar-refractivity contribution is 0.0923. The van der Waals surface area contributed by atoms with Gasteiger partial charge in [-0.2, -0.15) is 0 Å². The van der Waals surface area contributed by atoms with Gasteiger partial charge in [-0.3, -0.25) is 9.59 Å². The molecular weight excluding hydrogens is 508 g/mol. The van der Waals surface area contributed by atoms with Crippen LogP contribution in [0.3, 0.4) is 0 Å². The zero-order chi connectivity index (χ0) is 26.8. The van der Waals surface area contributed by atoms with Crippen molar-refractivity contribution in [3.63, 3.8) is 0 Å². The van der Waals surface area contributed by atoms with Gasteiger partial charge in [-0.05, 0) is 36.8 Å².